The van der Waals surface area contributed by atoms with Crippen LogP contribution in [0.3, 0.4) is 0 Å². The van der Waals surface area contributed by atoms with E-state index in [-0.39, 0.29) is 11.5 Å². The van der Waals surface area contributed by atoms with Crippen molar-refractivity contribution in [3.8, 4) is 0 Å². The molecule has 1 aromatic carbocycles. The van der Waals surface area contributed by atoms with Crippen molar-refractivity contribution in [2.45, 2.75) is 25.4 Å². The first-order chi connectivity index (χ1) is 7.59. The van der Waals surface area contributed by atoms with E-state index in [1.165, 1.54) is 0 Å². The fourth-order valence-corrected chi connectivity index (χ4v) is 2.04. The summed E-state index contributed by atoms with van der Waals surface area (Å²) in [5, 5.41) is 3.14. The summed E-state index contributed by atoms with van der Waals surface area (Å²) in [7, 11) is 0. The van der Waals surface area contributed by atoms with Gasteiger partial charge in [0.25, 0.3) is 0 Å². The van der Waals surface area contributed by atoms with Gasteiger partial charge in [0.2, 0.25) is 0 Å². The molecule has 0 radical (unpaired) electrons. The molecule has 0 bridgehead atoms. The molecule has 1 aromatic rings. The number of fused-ring (bicyclic) bond motifs is 1. The predicted molar refractivity (Wildman–Crippen MR) is 72.2 cm³/mol. The van der Waals surface area contributed by atoms with Crippen LogP contribution in [0.2, 0.25) is 0 Å². The van der Waals surface area contributed by atoms with Crippen LogP contribution < -0.4 is 11.1 Å². The van der Waals surface area contributed by atoms with Crippen molar-refractivity contribution in [3.63, 3.8) is 0 Å². The zero-order chi connectivity index (χ0) is 11.7. The molecule has 3 N–H and O–H groups in total. The number of nitrogens with zero attached hydrogens (tertiary/aromatic N) is 1. The second kappa shape index (κ2) is 4.47. The first-order valence-corrected chi connectivity index (χ1v) is 5.98. The van der Waals surface area contributed by atoms with E-state index in [4.69, 9.17) is 5.73 Å². The highest BCUT2D eigenvalue weighted by Crippen LogP contribution is 2.25. The highest BCUT2D eigenvalue weighted by atomic mass is 32.1. The van der Waals surface area contributed by atoms with Crippen LogP contribution in [0.25, 0.3) is 0 Å². The Morgan fingerprint density at radius 1 is 1.38 bits per heavy atom. The molecule has 0 aliphatic carbocycles. The number of rotatable bonds is 1. The van der Waals surface area contributed by atoms with Gasteiger partial charge in [0.15, 0.2) is 0 Å². The van der Waals surface area contributed by atoms with Gasteiger partial charge in [-0.15, -0.1) is 0 Å². The van der Waals surface area contributed by atoms with Gasteiger partial charge in [0, 0.05) is 17.0 Å². The van der Waals surface area contributed by atoms with E-state index in [1.54, 1.807) is 0 Å². The van der Waals surface area contributed by atoms with Crippen LogP contribution in [-0.2, 0) is 0 Å². The molecule has 3 nitrogen and oxygen atoms in total. The molecule has 86 valence electrons. The average Bonchev–Trinajstić information content (AvgIpc) is 2.37. The molecule has 0 saturated carbocycles. The van der Waals surface area contributed by atoms with E-state index in [1.807, 2.05) is 18.2 Å². The van der Waals surface area contributed by atoms with Gasteiger partial charge >= 0.3 is 0 Å². The minimum Gasteiger partial charge on any atom is -0.370 e. The number of benzodiazepines with no additional fused rings is 1. The molecule has 16 heavy (non-hydrogen) atoms. The molecule has 1 aliphatic rings. The number of hydrogen-bond donors (Lipinski definition) is 3. The average molecular weight is 235 g/mol. The molecule has 0 saturated heterocycles. The molecule has 0 fully saturated rings. The molecule has 0 aromatic heterocycles. The number of hydrogen-bond acceptors (Lipinski definition) is 4. The van der Waals surface area contributed by atoms with Crippen LogP contribution in [0.15, 0.2) is 29.3 Å². The van der Waals surface area contributed by atoms with Gasteiger partial charge < -0.3 is 11.1 Å². The molecule has 0 amide bonds. The van der Waals surface area contributed by atoms with E-state index in [0.717, 1.165) is 17.0 Å². The smallest absolute Gasteiger partial charge is 0.127 e. The molecule has 4 heteroatoms. The monoisotopic (exact) mass is 235 g/mol. The summed E-state index contributed by atoms with van der Waals surface area (Å²) in [5.41, 5.74) is 9.20. The Bertz CT molecular complexity index is 414. The van der Waals surface area contributed by atoms with Gasteiger partial charge in [-0.05, 0) is 12.0 Å². The summed E-state index contributed by atoms with van der Waals surface area (Å²) in [4.78, 5) is 4.55. The Labute approximate surface area is 102 Å². The lowest BCUT2D eigenvalue weighted by Crippen LogP contribution is -2.34. The second-order valence-electron chi connectivity index (χ2n) is 4.29. The Hall–Kier alpha value is -1.00. The van der Waals surface area contributed by atoms with Crippen molar-refractivity contribution in [1.29, 1.82) is 0 Å². The maximum atomic E-state index is 5.96. The molecular weight excluding hydrogens is 218 g/mol. The summed E-state index contributed by atoms with van der Waals surface area (Å²) in [6.07, 6.45) is -0.312. The fourth-order valence-electron chi connectivity index (χ4n) is 1.84. The van der Waals surface area contributed by atoms with Crippen molar-refractivity contribution < 1.29 is 0 Å². The lowest BCUT2D eigenvalue weighted by Gasteiger charge is -2.15. The van der Waals surface area contributed by atoms with Crippen LogP contribution in [0.5, 0.6) is 0 Å². The highest BCUT2D eigenvalue weighted by molar-refractivity contribution is 7.81. The third-order valence-corrected chi connectivity index (χ3v) is 3.10. The third kappa shape index (κ3) is 2.08. The molecule has 1 heterocycles. The maximum absolute atomic E-state index is 5.96. The molecule has 2 atom stereocenters. The fraction of sp³-hybridized carbons (Fsp3) is 0.417. The van der Waals surface area contributed by atoms with Gasteiger partial charge in [-0.2, -0.15) is 12.6 Å². The van der Waals surface area contributed by atoms with E-state index >= 15 is 0 Å². The Balaban J connectivity index is 2.53. The van der Waals surface area contributed by atoms with Crippen molar-refractivity contribution in [2.24, 2.45) is 16.6 Å². The second-order valence-corrected chi connectivity index (χ2v) is 4.85. The summed E-state index contributed by atoms with van der Waals surface area (Å²) < 4.78 is 0. The first-order valence-electron chi connectivity index (χ1n) is 5.47. The van der Waals surface area contributed by atoms with Crippen molar-refractivity contribution in [3.05, 3.63) is 29.8 Å². The molecular formula is C12H17N3S. The molecule has 2 rings (SSSR count). The highest BCUT2D eigenvalue weighted by Gasteiger charge is 2.22. The van der Waals surface area contributed by atoms with Gasteiger partial charge in [-0.1, -0.05) is 32.0 Å². The first kappa shape index (κ1) is 11.5. The SMILES string of the molecule is CC(C)C1=NC(N)C(S)Nc2ccccc21. The quantitative estimate of drug-likeness (QED) is 0.653. The summed E-state index contributed by atoms with van der Waals surface area (Å²) >= 11 is 4.42. The van der Waals surface area contributed by atoms with E-state index in [2.05, 4.69) is 42.9 Å². The minimum atomic E-state index is -0.312. The lowest BCUT2D eigenvalue weighted by molar-refractivity contribution is 0.707. The largest absolute Gasteiger partial charge is 0.370 e. The zero-order valence-electron chi connectivity index (χ0n) is 9.51. The Morgan fingerprint density at radius 2 is 2.06 bits per heavy atom. The third-order valence-electron chi connectivity index (χ3n) is 2.66. The molecule has 2 unspecified atom stereocenters. The topological polar surface area (TPSA) is 50.4 Å². The number of nitrogens with one attached hydrogen (secondary N) is 1. The predicted octanol–water partition coefficient (Wildman–Crippen LogP) is 2.10. The van der Waals surface area contributed by atoms with Crippen LogP contribution >= 0.6 is 12.6 Å². The van der Waals surface area contributed by atoms with Crippen LogP contribution in [0.1, 0.15) is 19.4 Å². The standard InChI is InChI=1S/C12H17N3S/c1-7(2)10-8-5-3-4-6-9(8)14-12(16)11(13)15-10/h3-7,11-12,14,16H,13H2,1-2H3. The number of anilines is 1. The minimum absolute atomic E-state index is 0.141. The zero-order valence-corrected chi connectivity index (χ0v) is 10.4. The summed E-state index contributed by atoms with van der Waals surface area (Å²) in [6.45, 7) is 4.25. The van der Waals surface area contributed by atoms with Crippen molar-refractivity contribution in [1.82, 2.24) is 0 Å². The Kier molecular flexibility index (Phi) is 3.21. The van der Waals surface area contributed by atoms with Crippen LogP contribution in [-0.4, -0.2) is 17.3 Å². The number of para-hydroxylation sites is 1. The normalized spacial score (nSPS) is 24.4. The van der Waals surface area contributed by atoms with Gasteiger partial charge in [-0.25, -0.2) is 0 Å². The van der Waals surface area contributed by atoms with Gasteiger partial charge in [-0.3, -0.25) is 4.99 Å². The molecule has 0 spiro atoms. The van der Waals surface area contributed by atoms with E-state index in [9.17, 15) is 0 Å². The van der Waals surface area contributed by atoms with Crippen molar-refractivity contribution >= 4 is 24.0 Å². The summed E-state index contributed by atoms with van der Waals surface area (Å²) in [5.74, 6) is 0.354. The maximum Gasteiger partial charge on any atom is 0.127 e. The van der Waals surface area contributed by atoms with E-state index in [0.29, 0.717) is 5.92 Å². The van der Waals surface area contributed by atoms with Crippen LogP contribution in [0.4, 0.5) is 5.69 Å². The van der Waals surface area contributed by atoms with E-state index < -0.39 is 0 Å². The van der Waals surface area contributed by atoms with Gasteiger partial charge in [0.1, 0.15) is 11.5 Å². The van der Waals surface area contributed by atoms with Gasteiger partial charge in [0.05, 0.1) is 0 Å². The van der Waals surface area contributed by atoms with Crippen LogP contribution in [0, 0.1) is 5.92 Å². The van der Waals surface area contributed by atoms with Crippen molar-refractivity contribution in [2.75, 3.05) is 5.32 Å². The lowest BCUT2D eigenvalue weighted by atomic mass is 9.98. The number of nitrogens with two attached hydrogens (primary N) is 1. The number of benzene rings is 1. The number of thiol groups is 1. The Morgan fingerprint density at radius 3 is 2.75 bits per heavy atom. The molecule has 1 aliphatic heterocycles. The summed E-state index contributed by atoms with van der Waals surface area (Å²) in [6, 6.07) is 8.12. The number of aliphatic imine (C=N–C) groups is 1.